The van der Waals surface area contributed by atoms with Crippen LogP contribution < -0.4 is 16.8 Å². The van der Waals surface area contributed by atoms with Crippen LogP contribution in [0, 0.1) is 5.82 Å². The molecule has 11 heteroatoms. The monoisotopic (exact) mass is 528 g/mol. The molecular formula is C26H33FN6O3S. The van der Waals surface area contributed by atoms with Crippen LogP contribution in [0.15, 0.2) is 47.6 Å². The summed E-state index contributed by atoms with van der Waals surface area (Å²) in [6.45, 7) is 8.04. The lowest BCUT2D eigenvalue weighted by Gasteiger charge is -2.20. The molecule has 3 rings (SSSR count). The number of anilines is 1. The van der Waals surface area contributed by atoms with E-state index in [4.69, 9.17) is 20.4 Å². The first-order valence-electron chi connectivity index (χ1n) is 11.7. The highest BCUT2D eigenvalue weighted by molar-refractivity contribution is 8.08. The van der Waals surface area contributed by atoms with E-state index in [0.717, 1.165) is 33.2 Å². The summed E-state index contributed by atoms with van der Waals surface area (Å²) in [7, 11) is 1.69. The number of allylic oxidation sites excluding steroid dienone is 4. The van der Waals surface area contributed by atoms with Crippen LogP contribution in [0.25, 0.3) is 16.2 Å². The molecular weight excluding hydrogens is 495 g/mol. The number of nitrogens with one attached hydrogen (secondary N) is 1. The summed E-state index contributed by atoms with van der Waals surface area (Å²) in [4.78, 5) is 25.5. The molecule has 0 unspecified atom stereocenters. The Morgan fingerprint density at radius 1 is 1.38 bits per heavy atom. The fourth-order valence-electron chi connectivity index (χ4n) is 3.71. The maximum absolute atomic E-state index is 15.4. The number of amides is 2. The minimum Gasteiger partial charge on any atom is -0.449 e. The van der Waals surface area contributed by atoms with Crippen molar-refractivity contribution in [1.82, 2.24) is 9.78 Å². The lowest BCUT2D eigenvalue weighted by molar-refractivity contribution is -0.106. The summed E-state index contributed by atoms with van der Waals surface area (Å²) in [5.74, 6) is 0.279. The van der Waals surface area contributed by atoms with Crippen molar-refractivity contribution in [3.05, 3.63) is 65.4 Å². The van der Waals surface area contributed by atoms with Gasteiger partial charge in [-0.25, -0.2) is 13.9 Å². The molecule has 0 saturated carbocycles. The molecule has 37 heavy (non-hydrogen) atoms. The van der Waals surface area contributed by atoms with E-state index in [1.807, 2.05) is 19.9 Å². The van der Waals surface area contributed by atoms with Gasteiger partial charge in [-0.1, -0.05) is 32.6 Å². The van der Waals surface area contributed by atoms with Gasteiger partial charge in [0.05, 0.1) is 22.9 Å². The maximum Gasteiger partial charge on any atom is 0.411 e. The van der Waals surface area contributed by atoms with E-state index < -0.39 is 11.9 Å². The number of carbonyl (C=O) groups excluding carboxylic acids is 2. The minimum absolute atomic E-state index is 0.250. The van der Waals surface area contributed by atoms with Crippen LogP contribution in [0.2, 0.25) is 0 Å². The van der Waals surface area contributed by atoms with E-state index in [-0.39, 0.29) is 12.1 Å². The summed E-state index contributed by atoms with van der Waals surface area (Å²) in [5, 5.41) is 7.36. The van der Waals surface area contributed by atoms with Gasteiger partial charge in [0.2, 0.25) is 6.41 Å². The molecule has 1 aliphatic rings. The summed E-state index contributed by atoms with van der Waals surface area (Å²) in [5.41, 5.74) is 15.1. The van der Waals surface area contributed by atoms with Gasteiger partial charge in [0.25, 0.3) is 0 Å². The first-order chi connectivity index (χ1) is 17.9. The summed E-state index contributed by atoms with van der Waals surface area (Å²) in [6.07, 6.45) is 6.94. The molecule has 1 heterocycles. The second-order valence-electron chi connectivity index (χ2n) is 7.68. The normalized spacial score (nSPS) is 13.0. The number of aromatic nitrogens is 2. The Hall–Kier alpha value is -3.86. The topological polar surface area (TPSA) is 138 Å². The number of halogens is 1. The molecule has 5 N–H and O–H groups in total. The largest absolute Gasteiger partial charge is 0.449 e. The molecule has 0 bridgehead atoms. The SMILES string of the molecule is C=C/C=C(\C=NC)c1nn(-c2ccc(NC(=O)OCCC)cc2F)c2c1CCC(N)=C2SCC.NC=O. The standard InChI is InChI=1S/C25H30FN5O2S.CH3NO/c1-5-8-16(15-28-4)22-18-10-11-20(27)24(34-7-3)23(18)31(30-22)21-12-9-17(14-19(21)26)29-25(32)33-13-6-2;2-1-3/h5,8-9,12,14-15H,1,6-7,10-11,13,27H2,2-4H3,(H,29,32);1H,(H2,2,3)/b16-8+,28-15?;. The van der Waals surface area contributed by atoms with Crippen molar-refractivity contribution in [2.24, 2.45) is 16.5 Å². The van der Waals surface area contributed by atoms with Gasteiger partial charge < -0.3 is 16.2 Å². The third-order valence-electron chi connectivity index (χ3n) is 5.12. The molecule has 198 valence electrons. The molecule has 0 fully saturated rings. The van der Waals surface area contributed by atoms with Crippen molar-refractivity contribution in [1.29, 1.82) is 0 Å². The van der Waals surface area contributed by atoms with Crippen LogP contribution in [0.1, 0.15) is 43.6 Å². The Balaban J connectivity index is 0.00000153. The number of hydrogen-bond acceptors (Lipinski definition) is 7. The second-order valence-corrected chi connectivity index (χ2v) is 8.96. The number of rotatable bonds is 9. The van der Waals surface area contributed by atoms with Crippen LogP contribution >= 0.6 is 11.8 Å². The number of aliphatic imine (C=N–C) groups is 1. The highest BCUT2D eigenvalue weighted by Gasteiger charge is 2.29. The quantitative estimate of drug-likeness (QED) is 0.246. The Labute approximate surface area is 220 Å². The van der Waals surface area contributed by atoms with Gasteiger partial charge in [-0.15, -0.1) is 11.8 Å². The Morgan fingerprint density at radius 2 is 2.11 bits per heavy atom. The van der Waals surface area contributed by atoms with Crippen molar-refractivity contribution in [3.8, 4) is 5.69 Å². The van der Waals surface area contributed by atoms with Gasteiger partial charge in [0.1, 0.15) is 5.69 Å². The molecule has 1 aromatic carbocycles. The summed E-state index contributed by atoms with van der Waals surface area (Å²) < 4.78 is 22.0. The molecule has 2 amide bonds. The zero-order valence-corrected chi connectivity index (χ0v) is 22.1. The van der Waals surface area contributed by atoms with Crippen LogP contribution in [0.4, 0.5) is 14.9 Å². The van der Waals surface area contributed by atoms with E-state index in [1.165, 1.54) is 6.07 Å². The number of carbonyl (C=O) groups is 2. The summed E-state index contributed by atoms with van der Waals surface area (Å²) in [6, 6.07) is 4.47. The molecule has 1 aliphatic carbocycles. The van der Waals surface area contributed by atoms with Crippen molar-refractivity contribution < 1.29 is 18.7 Å². The number of thioether (sulfide) groups is 1. The Morgan fingerprint density at radius 3 is 2.70 bits per heavy atom. The van der Waals surface area contributed by atoms with Crippen molar-refractivity contribution in [2.75, 3.05) is 24.7 Å². The van der Waals surface area contributed by atoms with E-state index in [1.54, 1.807) is 47.9 Å². The number of fused-ring (bicyclic) bond motifs is 1. The van der Waals surface area contributed by atoms with Gasteiger partial charge >= 0.3 is 6.09 Å². The Bertz CT molecular complexity index is 1220. The molecule has 0 atom stereocenters. The van der Waals surface area contributed by atoms with Gasteiger partial charge in [0, 0.05) is 35.8 Å². The molecule has 0 spiro atoms. The second kappa shape index (κ2) is 14.6. The Kier molecular flexibility index (Phi) is 11.6. The van der Waals surface area contributed by atoms with Gasteiger partial charge in [-0.05, 0) is 43.2 Å². The van der Waals surface area contributed by atoms with E-state index in [2.05, 4.69) is 22.6 Å². The van der Waals surface area contributed by atoms with E-state index >= 15 is 4.39 Å². The lowest BCUT2D eigenvalue weighted by atomic mass is 9.96. The summed E-state index contributed by atoms with van der Waals surface area (Å²) >= 11 is 1.61. The first-order valence-corrected chi connectivity index (χ1v) is 12.7. The molecule has 0 aliphatic heterocycles. The third-order valence-corrected chi connectivity index (χ3v) is 6.15. The molecule has 9 nitrogen and oxygen atoms in total. The molecule has 1 aromatic heterocycles. The minimum atomic E-state index is -0.622. The third kappa shape index (κ3) is 7.32. The molecule has 0 radical (unpaired) electrons. The van der Waals surface area contributed by atoms with Gasteiger partial charge in [-0.3, -0.25) is 15.1 Å². The highest BCUT2D eigenvalue weighted by atomic mass is 32.2. The van der Waals surface area contributed by atoms with Crippen molar-refractivity contribution in [2.45, 2.75) is 33.1 Å². The number of benzene rings is 1. The van der Waals surface area contributed by atoms with E-state index in [9.17, 15) is 4.79 Å². The number of nitrogens with two attached hydrogens (primary N) is 2. The average Bonchev–Trinajstić information content (AvgIpc) is 3.24. The fourth-order valence-corrected chi connectivity index (χ4v) is 4.63. The van der Waals surface area contributed by atoms with E-state index in [0.29, 0.717) is 37.3 Å². The van der Waals surface area contributed by atoms with Crippen LogP contribution in [0.5, 0.6) is 0 Å². The van der Waals surface area contributed by atoms with Crippen LogP contribution in [-0.2, 0) is 16.0 Å². The predicted molar refractivity (Wildman–Crippen MR) is 149 cm³/mol. The molecule has 0 saturated heterocycles. The van der Waals surface area contributed by atoms with Gasteiger partial charge in [-0.2, -0.15) is 5.10 Å². The fraction of sp³-hybridized carbons (Fsp3) is 0.308. The van der Waals surface area contributed by atoms with Crippen molar-refractivity contribution in [3.63, 3.8) is 0 Å². The maximum atomic E-state index is 15.4. The number of hydrogen-bond donors (Lipinski definition) is 3. The van der Waals surface area contributed by atoms with Crippen LogP contribution in [0.3, 0.4) is 0 Å². The van der Waals surface area contributed by atoms with Crippen molar-refractivity contribution >= 4 is 46.6 Å². The average molecular weight is 529 g/mol. The zero-order valence-electron chi connectivity index (χ0n) is 21.3. The lowest BCUT2D eigenvalue weighted by Crippen LogP contribution is -2.15. The van der Waals surface area contributed by atoms with Crippen LogP contribution in [-0.4, -0.2) is 47.9 Å². The number of primary amides is 1. The van der Waals surface area contributed by atoms with Gasteiger partial charge in [0.15, 0.2) is 5.82 Å². The highest BCUT2D eigenvalue weighted by Crippen LogP contribution is 2.41. The molecule has 2 aromatic rings. The number of ether oxygens (including phenoxy) is 1. The number of nitrogens with zero attached hydrogens (tertiary/aromatic N) is 3. The zero-order chi connectivity index (χ0) is 27.4. The first kappa shape index (κ1) is 29.4. The predicted octanol–water partition coefficient (Wildman–Crippen LogP) is 4.67. The smallest absolute Gasteiger partial charge is 0.411 e.